The fraction of sp³-hybridized carbons (Fsp3) is 0.273. The van der Waals surface area contributed by atoms with Crippen molar-refractivity contribution in [1.29, 1.82) is 0 Å². The molecule has 0 radical (unpaired) electrons. The van der Waals surface area contributed by atoms with Crippen LogP contribution in [0.1, 0.15) is 41.2 Å². The fourth-order valence-electron chi connectivity index (χ4n) is 2.76. The number of carbonyl (C=O) groups is 1. The number of hydrogen-bond acceptors (Lipinski definition) is 5. The largest absolute Gasteiger partial charge is 0.489 e. The van der Waals surface area contributed by atoms with E-state index in [1.54, 1.807) is 0 Å². The molecule has 27 heavy (non-hydrogen) atoms. The molecule has 3 rings (SSSR count). The van der Waals surface area contributed by atoms with Crippen molar-refractivity contribution in [2.45, 2.75) is 39.9 Å². The maximum Gasteiger partial charge on any atom is 0.310 e. The summed E-state index contributed by atoms with van der Waals surface area (Å²) in [7, 11) is 0. The highest BCUT2D eigenvalue weighted by molar-refractivity contribution is 5.72. The van der Waals surface area contributed by atoms with E-state index < -0.39 is 0 Å². The van der Waals surface area contributed by atoms with Crippen molar-refractivity contribution in [2.75, 3.05) is 0 Å². The maximum atomic E-state index is 12.2. The summed E-state index contributed by atoms with van der Waals surface area (Å²) in [5.41, 5.74) is 3.65. The van der Waals surface area contributed by atoms with Crippen molar-refractivity contribution < 1.29 is 18.8 Å². The number of rotatable bonds is 7. The van der Waals surface area contributed by atoms with Crippen molar-refractivity contribution in [3.63, 3.8) is 0 Å². The third kappa shape index (κ3) is 4.97. The second-order valence-corrected chi connectivity index (χ2v) is 6.45. The zero-order chi connectivity index (χ0) is 19.2. The summed E-state index contributed by atoms with van der Waals surface area (Å²) < 4.78 is 16.4. The van der Waals surface area contributed by atoms with Crippen LogP contribution in [0, 0.1) is 13.8 Å². The zero-order valence-electron chi connectivity index (χ0n) is 15.8. The molecule has 0 N–H and O–H groups in total. The molecule has 0 saturated heterocycles. The first-order valence-electron chi connectivity index (χ1n) is 8.91. The average Bonchev–Trinajstić information content (AvgIpc) is 2.99. The molecule has 1 heterocycles. The summed E-state index contributed by atoms with van der Waals surface area (Å²) in [6.45, 7) is 6.03. The highest BCUT2D eigenvalue weighted by Gasteiger charge is 2.13. The average molecular weight is 365 g/mol. The molecule has 5 nitrogen and oxygen atoms in total. The van der Waals surface area contributed by atoms with Crippen LogP contribution in [0.4, 0.5) is 0 Å². The van der Waals surface area contributed by atoms with Crippen molar-refractivity contribution in [2.24, 2.45) is 0 Å². The van der Waals surface area contributed by atoms with Crippen molar-refractivity contribution in [3.8, 4) is 5.75 Å². The number of benzene rings is 2. The molecule has 1 atom stereocenters. The molecule has 0 bridgehead atoms. The molecule has 0 unspecified atom stereocenters. The van der Waals surface area contributed by atoms with Gasteiger partial charge in [0.15, 0.2) is 0 Å². The number of aromatic nitrogens is 1. The number of aryl methyl sites for hydroxylation is 2. The van der Waals surface area contributed by atoms with Gasteiger partial charge in [-0.05, 0) is 44.0 Å². The van der Waals surface area contributed by atoms with Crippen LogP contribution in [0.3, 0.4) is 0 Å². The second-order valence-electron chi connectivity index (χ2n) is 6.45. The molecule has 0 aliphatic rings. The summed E-state index contributed by atoms with van der Waals surface area (Å²) in [6.07, 6.45) is -0.0437. The lowest BCUT2D eigenvalue weighted by molar-refractivity contribution is -0.147. The summed E-state index contributed by atoms with van der Waals surface area (Å²) in [6, 6.07) is 17.1. The molecule has 0 saturated carbocycles. The minimum atomic E-state index is -0.267. The molecule has 140 valence electrons. The van der Waals surface area contributed by atoms with Crippen LogP contribution in [0.15, 0.2) is 59.1 Å². The van der Waals surface area contributed by atoms with Crippen LogP contribution in [0.5, 0.6) is 5.75 Å². The Hall–Kier alpha value is -3.08. The number of esters is 1. The van der Waals surface area contributed by atoms with Gasteiger partial charge >= 0.3 is 5.97 Å². The number of carbonyl (C=O) groups excluding carboxylic acids is 1. The van der Waals surface area contributed by atoms with E-state index in [1.807, 2.05) is 75.4 Å². The van der Waals surface area contributed by atoms with E-state index in [0.717, 1.165) is 33.9 Å². The number of hydrogen-bond donors (Lipinski definition) is 0. The summed E-state index contributed by atoms with van der Waals surface area (Å²) in [5, 5.41) is 3.91. The quantitative estimate of drug-likeness (QED) is 0.567. The Balaban J connectivity index is 1.52. The van der Waals surface area contributed by atoms with Gasteiger partial charge in [-0.15, -0.1) is 0 Å². The van der Waals surface area contributed by atoms with Crippen molar-refractivity contribution >= 4 is 5.97 Å². The van der Waals surface area contributed by atoms with Gasteiger partial charge in [-0.1, -0.05) is 47.6 Å². The fourth-order valence-corrected chi connectivity index (χ4v) is 2.76. The van der Waals surface area contributed by atoms with E-state index in [4.69, 9.17) is 14.0 Å². The molecule has 3 aromatic rings. The number of nitrogens with zero attached hydrogens (tertiary/aromatic N) is 1. The molecular weight excluding hydrogens is 342 g/mol. The Bertz CT molecular complexity index is 865. The van der Waals surface area contributed by atoms with Crippen molar-refractivity contribution in [3.05, 3.63) is 82.7 Å². The van der Waals surface area contributed by atoms with Gasteiger partial charge in [0.1, 0.15) is 24.2 Å². The molecule has 0 aliphatic heterocycles. The van der Waals surface area contributed by atoms with Gasteiger partial charge in [0.2, 0.25) is 0 Å². The van der Waals surface area contributed by atoms with Gasteiger partial charge in [-0.2, -0.15) is 0 Å². The highest BCUT2D eigenvalue weighted by atomic mass is 16.5. The predicted molar refractivity (Wildman–Crippen MR) is 101 cm³/mol. The zero-order valence-corrected chi connectivity index (χ0v) is 15.8. The van der Waals surface area contributed by atoms with Crippen LogP contribution < -0.4 is 4.74 Å². The van der Waals surface area contributed by atoms with E-state index in [9.17, 15) is 4.79 Å². The minimum absolute atomic E-state index is 0.224. The second kappa shape index (κ2) is 8.54. The van der Waals surface area contributed by atoms with Crippen LogP contribution in [-0.4, -0.2) is 11.1 Å². The SMILES string of the molecule is Cc1noc(C)c1COc1ccc(CC(=O)O[C@@H](C)c2ccccc2)cc1. The van der Waals surface area contributed by atoms with Crippen LogP contribution in [-0.2, 0) is 22.6 Å². The standard InChI is InChI=1S/C22H23NO4/c1-15-21(17(3)27-23-15)14-25-20-11-9-18(10-12-20)13-22(24)26-16(2)19-7-5-4-6-8-19/h4-12,16H,13-14H2,1-3H3/t16-/m0/s1. The van der Waals surface area contributed by atoms with Gasteiger partial charge in [0.05, 0.1) is 17.7 Å². The third-order valence-electron chi connectivity index (χ3n) is 4.41. The highest BCUT2D eigenvalue weighted by Crippen LogP contribution is 2.20. The molecule has 0 amide bonds. The molecule has 0 aliphatic carbocycles. The molecule has 0 spiro atoms. The molecule has 0 fully saturated rings. The Labute approximate surface area is 158 Å². The van der Waals surface area contributed by atoms with E-state index in [-0.39, 0.29) is 18.5 Å². The molecular formula is C22H23NO4. The van der Waals surface area contributed by atoms with Gasteiger partial charge in [0, 0.05) is 0 Å². The van der Waals surface area contributed by atoms with E-state index in [0.29, 0.717) is 6.61 Å². The van der Waals surface area contributed by atoms with Gasteiger partial charge in [-0.3, -0.25) is 4.79 Å². The summed E-state index contributed by atoms with van der Waals surface area (Å²) >= 11 is 0. The first kappa shape index (κ1) is 18.7. The van der Waals surface area contributed by atoms with Gasteiger partial charge < -0.3 is 14.0 Å². The first-order valence-corrected chi connectivity index (χ1v) is 8.91. The third-order valence-corrected chi connectivity index (χ3v) is 4.41. The maximum absolute atomic E-state index is 12.2. The normalized spacial score (nSPS) is 11.8. The Morgan fingerprint density at radius 3 is 2.41 bits per heavy atom. The first-order chi connectivity index (χ1) is 13.0. The lowest BCUT2D eigenvalue weighted by Crippen LogP contribution is -2.11. The van der Waals surface area contributed by atoms with Crippen LogP contribution in [0.25, 0.3) is 0 Å². The van der Waals surface area contributed by atoms with Gasteiger partial charge in [-0.25, -0.2) is 0 Å². The van der Waals surface area contributed by atoms with Crippen LogP contribution >= 0.6 is 0 Å². The smallest absolute Gasteiger partial charge is 0.310 e. The predicted octanol–water partition coefficient (Wildman–Crippen LogP) is 4.72. The van der Waals surface area contributed by atoms with E-state index in [1.165, 1.54) is 0 Å². The Kier molecular flexibility index (Phi) is 5.91. The molecule has 5 heteroatoms. The number of ether oxygens (including phenoxy) is 2. The topological polar surface area (TPSA) is 61.6 Å². The van der Waals surface area contributed by atoms with Gasteiger partial charge in [0.25, 0.3) is 0 Å². The van der Waals surface area contributed by atoms with Crippen molar-refractivity contribution in [1.82, 2.24) is 5.16 Å². The summed E-state index contributed by atoms with van der Waals surface area (Å²) in [5.74, 6) is 1.24. The Morgan fingerprint density at radius 1 is 1.07 bits per heavy atom. The van der Waals surface area contributed by atoms with E-state index in [2.05, 4.69) is 5.16 Å². The lowest BCUT2D eigenvalue weighted by atomic mass is 10.1. The monoisotopic (exact) mass is 365 g/mol. The lowest BCUT2D eigenvalue weighted by Gasteiger charge is -2.13. The molecule has 2 aromatic carbocycles. The molecule has 1 aromatic heterocycles. The summed E-state index contributed by atoms with van der Waals surface area (Å²) in [4.78, 5) is 12.2. The van der Waals surface area contributed by atoms with Crippen LogP contribution in [0.2, 0.25) is 0 Å². The Morgan fingerprint density at radius 2 is 1.78 bits per heavy atom. The van der Waals surface area contributed by atoms with E-state index >= 15 is 0 Å². The minimum Gasteiger partial charge on any atom is -0.489 e.